The zero-order valence-electron chi connectivity index (χ0n) is 23.9. The van der Waals surface area contributed by atoms with Crippen molar-refractivity contribution in [2.45, 2.75) is 58.3 Å². The number of rotatable bonds is 4. The van der Waals surface area contributed by atoms with Gasteiger partial charge in [-0.3, -0.25) is 0 Å². The van der Waals surface area contributed by atoms with Crippen LogP contribution in [0.2, 0.25) is 0 Å². The van der Waals surface area contributed by atoms with Crippen molar-refractivity contribution < 1.29 is 19.0 Å². The highest BCUT2D eigenvalue weighted by molar-refractivity contribution is 6.02. The number of fused-ring (bicyclic) bond motifs is 3. The number of carbonyl (C=O) groups is 1. The second-order valence-corrected chi connectivity index (χ2v) is 12.4. The van der Waals surface area contributed by atoms with Crippen LogP contribution in [0.1, 0.15) is 68.6 Å². The first-order valence-electron chi connectivity index (χ1n) is 13.7. The van der Waals surface area contributed by atoms with Crippen LogP contribution in [0.4, 0.5) is 0 Å². The maximum atomic E-state index is 13.5. The number of cyclic esters (lactones) is 1. The van der Waals surface area contributed by atoms with E-state index in [0.29, 0.717) is 5.56 Å². The lowest BCUT2D eigenvalue weighted by molar-refractivity contribution is 0.0260. The molecule has 1 aliphatic heterocycles. The van der Waals surface area contributed by atoms with E-state index in [9.17, 15) is 4.79 Å². The summed E-state index contributed by atoms with van der Waals surface area (Å²) in [5, 5.41) is 3.86. The molecule has 202 valence electrons. The van der Waals surface area contributed by atoms with Crippen LogP contribution >= 0.6 is 0 Å². The van der Waals surface area contributed by atoms with Gasteiger partial charge in [0.05, 0.1) is 5.56 Å². The fraction of sp³-hybridized carbons (Fsp3) is 0.250. The Hall–Kier alpha value is -4.31. The minimum atomic E-state index is -1.17. The van der Waals surface area contributed by atoms with E-state index in [1.165, 1.54) is 0 Å². The summed E-state index contributed by atoms with van der Waals surface area (Å²) >= 11 is 0. The molecule has 0 atom stereocenters. The summed E-state index contributed by atoms with van der Waals surface area (Å²) in [4.78, 5) is 13.5. The lowest BCUT2D eigenvalue weighted by Gasteiger charge is -2.33. The van der Waals surface area contributed by atoms with Crippen molar-refractivity contribution in [2.24, 2.45) is 0 Å². The summed E-state index contributed by atoms with van der Waals surface area (Å²) in [5.41, 5.74) is 1.26. The van der Waals surface area contributed by atoms with Crippen LogP contribution in [0.3, 0.4) is 0 Å². The molecule has 0 N–H and O–H groups in total. The van der Waals surface area contributed by atoms with Crippen LogP contribution < -0.4 is 9.47 Å². The van der Waals surface area contributed by atoms with E-state index in [1.807, 2.05) is 114 Å². The average Bonchev–Trinajstić information content (AvgIpc) is 3.20. The normalized spacial score (nSPS) is 14.7. The number of esters is 1. The lowest BCUT2D eigenvalue weighted by Crippen LogP contribution is -2.30. The second-order valence-electron chi connectivity index (χ2n) is 12.4. The first-order chi connectivity index (χ1) is 19.0. The molecule has 1 aliphatic rings. The molecule has 4 heteroatoms. The standard InChI is InChI=1S/C36H34O4/c1-34(2,3)38-31-21-19-29(23-13-7-9-15-25(23)31)36(28-18-12-11-17-27(28)33(37)40-36)30-20-22-32(39-35(4,5)6)26-16-10-8-14-24(26)30/h7-22H,1-6H3. The molecule has 5 aromatic rings. The molecule has 4 nitrogen and oxygen atoms in total. The summed E-state index contributed by atoms with van der Waals surface area (Å²) in [5.74, 6) is 1.24. The van der Waals surface area contributed by atoms with E-state index in [0.717, 1.165) is 49.7 Å². The van der Waals surface area contributed by atoms with Crippen molar-refractivity contribution in [1.82, 2.24) is 0 Å². The molecule has 0 spiro atoms. The Balaban J connectivity index is 1.71. The SMILES string of the molecule is CC(C)(C)Oc1ccc(C2(c3ccc(OC(C)(C)C)c4ccccc34)OC(=O)c3ccccc32)c2ccccc12. The number of hydrogen-bond donors (Lipinski definition) is 0. The van der Waals surface area contributed by atoms with E-state index in [2.05, 4.69) is 24.3 Å². The molecule has 0 fully saturated rings. The highest BCUT2D eigenvalue weighted by Gasteiger charge is 2.50. The molecule has 0 saturated heterocycles. The van der Waals surface area contributed by atoms with Gasteiger partial charge in [0, 0.05) is 27.5 Å². The molecule has 0 amide bonds. The quantitative estimate of drug-likeness (QED) is 0.218. The third kappa shape index (κ3) is 4.28. The van der Waals surface area contributed by atoms with Crippen LogP contribution in [-0.2, 0) is 10.3 Å². The Morgan fingerprint density at radius 1 is 0.525 bits per heavy atom. The monoisotopic (exact) mass is 530 g/mol. The fourth-order valence-corrected chi connectivity index (χ4v) is 5.76. The third-order valence-electron chi connectivity index (χ3n) is 7.13. The fourth-order valence-electron chi connectivity index (χ4n) is 5.76. The van der Waals surface area contributed by atoms with Gasteiger partial charge in [-0.05, 0) is 82.6 Å². The topological polar surface area (TPSA) is 44.8 Å². The maximum Gasteiger partial charge on any atom is 0.340 e. The Morgan fingerprint density at radius 3 is 1.43 bits per heavy atom. The van der Waals surface area contributed by atoms with Crippen LogP contribution in [0.5, 0.6) is 11.5 Å². The molecular weight excluding hydrogens is 496 g/mol. The molecule has 0 aromatic heterocycles. The molecule has 40 heavy (non-hydrogen) atoms. The summed E-state index contributed by atoms with van der Waals surface area (Å²) < 4.78 is 19.3. The number of ether oxygens (including phenoxy) is 3. The zero-order valence-corrected chi connectivity index (χ0v) is 23.9. The number of benzene rings is 5. The van der Waals surface area contributed by atoms with Gasteiger partial charge in [-0.2, -0.15) is 0 Å². The van der Waals surface area contributed by atoms with E-state index in [1.54, 1.807) is 0 Å². The van der Waals surface area contributed by atoms with Crippen LogP contribution in [-0.4, -0.2) is 17.2 Å². The summed E-state index contributed by atoms with van der Waals surface area (Å²) in [7, 11) is 0. The first-order valence-corrected chi connectivity index (χ1v) is 13.7. The Bertz CT molecular complexity index is 1670. The van der Waals surface area contributed by atoms with Gasteiger partial charge in [0.25, 0.3) is 0 Å². The molecule has 0 bridgehead atoms. The highest BCUT2D eigenvalue weighted by atomic mass is 16.6. The molecule has 6 rings (SSSR count). The number of carbonyl (C=O) groups excluding carboxylic acids is 1. The molecule has 0 unspecified atom stereocenters. The molecule has 0 aliphatic carbocycles. The predicted octanol–water partition coefficient (Wildman–Crippen LogP) is 8.81. The summed E-state index contributed by atoms with van der Waals surface area (Å²) in [6, 6.07) is 32.1. The Kier molecular flexibility index (Phi) is 5.92. The van der Waals surface area contributed by atoms with Crippen molar-refractivity contribution in [3.63, 3.8) is 0 Å². The highest BCUT2D eigenvalue weighted by Crippen LogP contribution is 2.52. The second kappa shape index (κ2) is 9.12. The van der Waals surface area contributed by atoms with Crippen LogP contribution in [0.15, 0.2) is 97.1 Å². The third-order valence-corrected chi connectivity index (χ3v) is 7.13. The average molecular weight is 531 g/mol. The van der Waals surface area contributed by atoms with Gasteiger partial charge in [0.15, 0.2) is 5.60 Å². The van der Waals surface area contributed by atoms with Gasteiger partial charge >= 0.3 is 5.97 Å². The van der Waals surface area contributed by atoms with Crippen molar-refractivity contribution >= 4 is 27.5 Å². The Morgan fingerprint density at radius 2 is 0.950 bits per heavy atom. The molecule has 1 heterocycles. The lowest BCUT2D eigenvalue weighted by atomic mass is 9.76. The van der Waals surface area contributed by atoms with E-state index >= 15 is 0 Å². The first kappa shape index (κ1) is 25.9. The largest absolute Gasteiger partial charge is 0.488 e. The molecule has 0 radical (unpaired) electrons. The summed E-state index contributed by atoms with van der Waals surface area (Å²) in [6.07, 6.45) is 0. The molecule has 0 saturated carbocycles. The van der Waals surface area contributed by atoms with Gasteiger partial charge in [-0.25, -0.2) is 4.79 Å². The van der Waals surface area contributed by atoms with E-state index < -0.39 is 5.60 Å². The van der Waals surface area contributed by atoms with E-state index in [4.69, 9.17) is 14.2 Å². The smallest absolute Gasteiger partial charge is 0.340 e. The van der Waals surface area contributed by atoms with Gasteiger partial charge < -0.3 is 14.2 Å². The van der Waals surface area contributed by atoms with Crippen molar-refractivity contribution in [3.8, 4) is 11.5 Å². The maximum absolute atomic E-state index is 13.5. The summed E-state index contributed by atoms with van der Waals surface area (Å²) in [6.45, 7) is 12.2. The van der Waals surface area contributed by atoms with E-state index in [-0.39, 0.29) is 17.2 Å². The van der Waals surface area contributed by atoms with Gasteiger partial charge in [0.1, 0.15) is 22.7 Å². The molecule has 5 aromatic carbocycles. The van der Waals surface area contributed by atoms with Gasteiger partial charge in [-0.15, -0.1) is 0 Å². The Labute approximate surface area is 235 Å². The minimum absolute atomic E-state index is 0.339. The van der Waals surface area contributed by atoms with Gasteiger partial charge in [0.2, 0.25) is 0 Å². The minimum Gasteiger partial charge on any atom is -0.488 e. The zero-order chi connectivity index (χ0) is 28.3. The van der Waals surface area contributed by atoms with Crippen molar-refractivity contribution in [3.05, 3.63) is 119 Å². The van der Waals surface area contributed by atoms with Crippen molar-refractivity contribution in [1.29, 1.82) is 0 Å². The molecular formula is C36H34O4. The van der Waals surface area contributed by atoms with Crippen LogP contribution in [0.25, 0.3) is 21.5 Å². The van der Waals surface area contributed by atoms with Crippen LogP contribution in [0, 0.1) is 0 Å². The number of hydrogen-bond acceptors (Lipinski definition) is 4. The van der Waals surface area contributed by atoms with Gasteiger partial charge in [-0.1, -0.05) is 66.7 Å². The predicted molar refractivity (Wildman–Crippen MR) is 160 cm³/mol. The van der Waals surface area contributed by atoms with Crippen molar-refractivity contribution in [2.75, 3.05) is 0 Å².